The van der Waals surface area contributed by atoms with E-state index in [1.165, 1.54) is 18.4 Å². The molecule has 2 heterocycles. The average Bonchev–Trinajstić information content (AvgIpc) is 2.21. The molecule has 14 heavy (non-hydrogen) atoms. The molecular formula is C10H9NO3. The molecule has 0 bridgehead atoms. The highest BCUT2D eigenvalue weighted by atomic mass is 16.4. The summed E-state index contributed by atoms with van der Waals surface area (Å²) in [5.41, 5.74) is -0.356. The lowest BCUT2D eigenvalue weighted by atomic mass is 10.5. The molecule has 2 aromatic heterocycles. The average molecular weight is 191 g/mol. The minimum absolute atomic E-state index is 0.0532. The van der Waals surface area contributed by atoms with Gasteiger partial charge in [-0.1, -0.05) is 12.1 Å². The van der Waals surface area contributed by atoms with Crippen LogP contribution in [0.25, 0.3) is 0 Å². The highest BCUT2D eigenvalue weighted by molar-refractivity contribution is 4.89. The SMILES string of the molecule is O=c1cccc[nH]1.O=c1cccco1. The van der Waals surface area contributed by atoms with Crippen molar-refractivity contribution in [2.45, 2.75) is 0 Å². The molecule has 0 amide bonds. The lowest BCUT2D eigenvalue weighted by Crippen LogP contribution is -1.98. The van der Waals surface area contributed by atoms with Crippen LogP contribution in [0.5, 0.6) is 0 Å². The molecule has 2 aromatic rings. The van der Waals surface area contributed by atoms with Crippen molar-refractivity contribution in [3.63, 3.8) is 0 Å². The molecule has 0 aliphatic rings. The van der Waals surface area contributed by atoms with Gasteiger partial charge >= 0.3 is 5.63 Å². The van der Waals surface area contributed by atoms with Gasteiger partial charge in [-0.15, -0.1) is 0 Å². The van der Waals surface area contributed by atoms with Crippen LogP contribution in [0.3, 0.4) is 0 Å². The molecule has 4 heteroatoms. The Kier molecular flexibility index (Phi) is 3.94. The van der Waals surface area contributed by atoms with Crippen LogP contribution in [0.2, 0.25) is 0 Å². The van der Waals surface area contributed by atoms with Crippen molar-refractivity contribution in [3.8, 4) is 0 Å². The van der Waals surface area contributed by atoms with Gasteiger partial charge in [-0.05, 0) is 12.1 Å². The maximum Gasteiger partial charge on any atom is 0.335 e. The Bertz CT molecular complexity index is 392. The van der Waals surface area contributed by atoms with Gasteiger partial charge in [0.15, 0.2) is 0 Å². The molecule has 0 saturated carbocycles. The molecule has 72 valence electrons. The van der Waals surface area contributed by atoms with Crippen molar-refractivity contribution in [2.24, 2.45) is 0 Å². The fourth-order valence-corrected chi connectivity index (χ4v) is 0.702. The molecule has 0 fully saturated rings. The molecule has 0 saturated heterocycles. The second kappa shape index (κ2) is 5.53. The summed E-state index contributed by atoms with van der Waals surface area (Å²) in [5, 5.41) is 0. The third-order valence-electron chi connectivity index (χ3n) is 1.29. The van der Waals surface area contributed by atoms with Crippen LogP contribution in [0.1, 0.15) is 0 Å². The first-order chi connectivity index (χ1) is 6.79. The molecule has 0 spiro atoms. The molecule has 0 atom stereocenters. The predicted molar refractivity (Wildman–Crippen MR) is 52.0 cm³/mol. The van der Waals surface area contributed by atoms with Gasteiger partial charge in [0.05, 0.1) is 6.26 Å². The summed E-state index contributed by atoms with van der Waals surface area (Å²) in [7, 11) is 0. The van der Waals surface area contributed by atoms with Gasteiger partial charge in [0.1, 0.15) is 0 Å². The predicted octanol–water partition coefficient (Wildman–Crippen LogP) is 1.01. The quantitative estimate of drug-likeness (QED) is 0.676. The Hall–Kier alpha value is -2.10. The smallest absolute Gasteiger partial charge is 0.335 e. The number of pyridine rings is 1. The van der Waals surface area contributed by atoms with Crippen LogP contribution in [0.4, 0.5) is 0 Å². The Morgan fingerprint density at radius 2 is 1.79 bits per heavy atom. The van der Waals surface area contributed by atoms with Crippen molar-refractivity contribution in [1.82, 2.24) is 4.98 Å². The molecule has 0 radical (unpaired) electrons. The third kappa shape index (κ3) is 4.06. The highest BCUT2D eigenvalue weighted by Crippen LogP contribution is 1.72. The summed E-state index contributed by atoms with van der Waals surface area (Å²) >= 11 is 0. The lowest BCUT2D eigenvalue weighted by molar-refractivity contribution is 0.511. The van der Waals surface area contributed by atoms with Gasteiger partial charge in [-0.3, -0.25) is 4.79 Å². The lowest BCUT2D eigenvalue weighted by Gasteiger charge is -1.73. The van der Waals surface area contributed by atoms with Gasteiger partial charge in [-0.25, -0.2) is 4.79 Å². The monoisotopic (exact) mass is 191 g/mol. The molecule has 0 unspecified atom stereocenters. The number of H-pyrrole nitrogens is 1. The normalized spacial score (nSPS) is 8.57. The van der Waals surface area contributed by atoms with E-state index in [9.17, 15) is 9.59 Å². The summed E-state index contributed by atoms with van der Waals surface area (Å²) in [6.45, 7) is 0. The van der Waals surface area contributed by atoms with Gasteiger partial charge in [0.2, 0.25) is 5.56 Å². The number of hydrogen-bond donors (Lipinski definition) is 1. The van der Waals surface area contributed by atoms with Crippen LogP contribution in [0, 0.1) is 0 Å². The molecule has 0 aliphatic carbocycles. The van der Waals surface area contributed by atoms with Gasteiger partial charge < -0.3 is 9.40 Å². The number of hydrogen-bond acceptors (Lipinski definition) is 3. The van der Waals surface area contributed by atoms with E-state index in [0.717, 1.165) is 0 Å². The number of nitrogens with one attached hydrogen (secondary N) is 1. The highest BCUT2D eigenvalue weighted by Gasteiger charge is 1.72. The van der Waals surface area contributed by atoms with Crippen LogP contribution < -0.4 is 11.2 Å². The van der Waals surface area contributed by atoms with E-state index in [-0.39, 0.29) is 11.2 Å². The van der Waals surface area contributed by atoms with Gasteiger partial charge in [0.25, 0.3) is 0 Å². The zero-order valence-corrected chi connectivity index (χ0v) is 7.34. The zero-order chi connectivity index (χ0) is 10.2. The minimum Gasteiger partial charge on any atom is -0.431 e. The fourth-order valence-electron chi connectivity index (χ4n) is 0.702. The van der Waals surface area contributed by atoms with Crippen molar-refractivity contribution in [1.29, 1.82) is 0 Å². The van der Waals surface area contributed by atoms with Crippen molar-refractivity contribution < 1.29 is 4.42 Å². The number of aromatic amines is 1. The number of rotatable bonds is 0. The Morgan fingerprint density at radius 1 is 1.00 bits per heavy atom. The molecule has 4 nitrogen and oxygen atoms in total. The maximum atomic E-state index is 10.2. The van der Waals surface area contributed by atoms with E-state index in [4.69, 9.17) is 0 Å². The van der Waals surface area contributed by atoms with E-state index in [2.05, 4.69) is 9.40 Å². The van der Waals surface area contributed by atoms with Crippen molar-refractivity contribution in [3.05, 3.63) is 69.6 Å². The summed E-state index contributed by atoms with van der Waals surface area (Å²) in [6.07, 6.45) is 2.95. The summed E-state index contributed by atoms with van der Waals surface area (Å²) in [4.78, 5) is 22.8. The van der Waals surface area contributed by atoms with E-state index in [1.54, 1.807) is 30.5 Å². The van der Waals surface area contributed by atoms with Crippen molar-refractivity contribution in [2.75, 3.05) is 0 Å². The number of aromatic nitrogens is 1. The van der Waals surface area contributed by atoms with Crippen LogP contribution in [0.15, 0.2) is 62.9 Å². The third-order valence-corrected chi connectivity index (χ3v) is 1.29. The topological polar surface area (TPSA) is 63.1 Å². The van der Waals surface area contributed by atoms with E-state index >= 15 is 0 Å². The molecular weight excluding hydrogens is 182 g/mol. The molecule has 1 N–H and O–H groups in total. The van der Waals surface area contributed by atoms with E-state index < -0.39 is 0 Å². The summed E-state index contributed by atoms with van der Waals surface area (Å²) in [6, 6.07) is 9.58. The Balaban J connectivity index is 0.000000140. The fraction of sp³-hybridized carbons (Fsp3) is 0. The largest absolute Gasteiger partial charge is 0.431 e. The molecule has 0 aromatic carbocycles. The van der Waals surface area contributed by atoms with Gasteiger partial charge in [0, 0.05) is 18.3 Å². The first-order valence-corrected chi connectivity index (χ1v) is 3.96. The van der Waals surface area contributed by atoms with E-state index in [0.29, 0.717) is 0 Å². The summed E-state index contributed by atoms with van der Waals surface area (Å²) in [5.74, 6) is 0. The van der Waals surface area contributed by atoms with E-state index in [1.807, 2.05) is 0 Å². The standard InChI is InChI=1S/C5H5NO.C5H4O2/c7-5-3-1-2-4-6-5;6-5-3-1-2-4-7-5/h1-4H,(H,6,7);1-4H. The Morgan fingerprint density at radius 3 is 2.07 bits per heavy atom. The first-order valence-electron chi connectivity index (χ1n) is 3.96. The summed E-state index contributed by atoms with van der Waals surface area (Å²) < 4.78 is 4.37. The van der Waals surface area contributed by atoms with Crippen molar-refractivity contribution >= 4 is 0 Å². The minimum atomic E-state index is -0.303. The Labute approximate surface area is 79.8 Å². The van der Waals surface area contributed by atoms with Crippen LogP contribution >= 0.6 is 0 Å². The second-order valence-corrected chi connectivity index (χ2v) is 2.35. The maximum absolute atomic E-state index is 10.2. The molecule has 2 rings (SSSR count). The van der Waals surface area contributed by atoms with Crippen LogP contribution in [-0.2, 0) is 0 Å². The zero-order valence-electron chi connectivity index (χ0n) is 7.34. The second-order valence-electron chi connectivity index (χ2n) is 2.35. The van der Waals surface area contributed by atoms with Gasteiger partial charge in [-0.2, -0.15) is 0 Å². The molecule has 0 aliphatic heterocycles. The first kappa shape index (κ1) is 9.98. The van der Waals surface area contributed by atoms with Crippen LogP contribution in [-0.4, -0.2) is 4.98 Å².